The zero-order chi connectivity index (χ0) is 26.1. The lowest BCUT2D eigenvalue weighted by Gasteiger charge is -2.66. The molecule has 10 heteroatoms. The zero-order valence-corrected chi connectivity index (χ0v) is 19.1. The third-order valence-electron chi connectivity index (χ3n) is 7.35. The van der Waals surface area contributed by atoms with Crippen LogP contribution < -0.4 is 0 Å². The van der Waals surface area contributed by atoms with E-state index in [1.165, 1.54) is 18.2 Å². The molecule has 3 aliphatic rings. The van der Waals surface area contributed by atoms with Crippen molar-refractivity contribution in [3.8, 4) is 17.2 Å². The van der Waals surface area contributed by atoms with Gasteiger partial charge in [0.25, 0.3) is 5.91 Å². The molecule has 3 aliphatic carbocycles. The van der Waals surface area contributed by atoms with Gasteiger partial charge in [-0.25, -0.2) is 13.8 Å². The topological polar surface area (TPSA) is 66.6 Å². The number of phenols is 1. The third-order valence-corrected chi connectivity index (χ3v) is 7.35. The maximum atomic E-state index is 14.5. The fourth-order valence-corrected chi connectivity index (χ4v) is 5.30. The number of carbonyl (C=O) groups excluding carboxylic acids is 1. The van der Waals surface area contributed by atoms with Crippen LogP contribution in [-0.2, 0) is 12.7 Å². The highest BCUT2D eigenvalue weighted by Gasteiger charge is 2.61. The van der Waals surface area contributed by atoms with Gasteiger partial charge in [-0.3, -0.25) is 4.79 Å². The predicted octanol–water partition coefficient (Wildman–Crippen LogP) is 6.69. The lowest BCUT2D eigenvalue weighted by Crippen LogP contribution is -2.69. The molecule has 7 rings (SSSR count). The number of nitrogens with zero attached hydrogens (tertiary/aromatic N) is 2. The van der Waals surface area contributed by atoms with E-state index in [0.29, 0.717) is 18.0 Å². The van der Waals surface area contributed by atoms with Gasteiger partial charge in [0.15, 0.2) is 23.0 Å². The molecule has 0 spiro atoms. The molecule has 0 saturated heterocycles. The maximum Gasteiger partial charge on any atom is 0.419 e. The van der Waals surface area contributed by atoms with Crippen molar-refractivity contribution in [2.45, 2.75) is 37.5 Å². The molecule has 1 N–H and O–H groups in total. The van der Waals surface area contributed by atoms with Crippen molar-refractivity contribution < 1.29 is 36.3 Å². The summed E-state index contributed by atoms with van der Waals surface area (Å²) >= 11 is 0. The van der Waals surface area contributed by atoms with E-state index in [-0.39, 0.29) is 28.6 Å². The number of phenolic OH excluding ortho intramolecular Hbond substituents is 1. The van der Waals surface area contributed by atoms with E-state index in [1.807, 2.05) is 35.2 Å². The van der Waals surface area contributed by atoms with Crippen molar-refractivity contribution in [3.63, 3.8) is 0 Å². The van der Waals surface area contributed by atoms with Gasteiger partial charge >= 0.3 is 6.18 Å². The highest BCUT2D eigenvalue weighted by Crippen LogP contribution is 2.61. The van der Waals surface area contributed by atoms with Crippen LogP contribution in [0.25, 0.3) is 22.6 Å². The Hall–Kier alpha value is -3.95. The van der Waals surface area contributed by atoms with Crippen LogP contribution >= 0.6 is 0 Å². The number of fused-ring (bicyclic) bond motifs is 1. The van der Waals surface area contributed by atoms with Crippen LogP contribution in [-0.4, -0.2) is 26.4 Å². The van der Waals surface area contributed by atoms with E-state index in [9.17, 15) is 31.9 Å². The van der Waals surface area contributed by atoms with Gasteiger partial charge in [-0.1, -0.05) is 30.3 Å². The quantitative estimate of drug-likeness (QED) is 0.301. The summed E-state index contributed by atoms with van der Waals surface area (Å²) in [5, 5.41) is 9.61. The maximum absolute atomic E-state index is 14.5. The highest BCUT2D eigenvalue weighted by atomic mass is 19.4. The second kappa shape index (κ2) is 8.03. The molecule has 37 heavy (non-hydrogen) atoms. The molecule has 5 nitrogen and oxygen atoms in total. The third kappa shape index (κ3) is 3.73. The normalized spacial score (nSPS) is 20.4. The van der Waals surface area contributed by atoms with Crippen molar-refractivity contribution in [1.82, 2.24) is 9.88 Å². The molecule has 0 atom stereocenters. The first kappa shape index (κ1) is 23.4. The summed E-state index contributed by atoms with van der Waals surface area (Å²) < 4.78 is 73.4. The second-order valence-corrected chi connectivity index (χ2v) is 9.73. The first-order valence-electron chi connectivity index (χ1n) is 11.6. The fourth-order valence-electron chi connectivity index (χ4n) is 5.30. The molecule has 1 aromatic heterocycles. The Morgan fingerprint density at radius 1 is 1.05 bits per heavy atom. The number of amides is 1. The number of rotatable bonds is 5. The molecule has 2 bridgehead atoms. The van der Waals surface area contributed by atoms with Gasteiger partial charge in [-0.05, 0) is 55.0 Å². The van der Waals surface area contributed by atoms with Crippen molar-refractivity contribution >= 4 is 17.0 Å². The molecule has 1 amide bonds. The minimum absolute atomic E-state index is 0.0865. The molecule has 3 aromatic carbocycles. The average Bonchev–Trinajstić information content (AvgIpc) is 3.22. The van der Waals surface area contributed by atoms with Crippen molar-refractivity contribution in [2.24, 2.45) is 5.92 Å². The van der Waals surface area contributed by atoms with Crippen LogP contribution in [0.2, 0.25) is 0 Å². The van der Waals surface area contributed by atoms with E-state index in [1.54, 1.807) is 0 Å². The number of oxazole rings is 1. The van der Waals surface area contributed by atoms with E-state index < -0.39 is 40.6 Å². The van der Waals surface area contributed by atoms with E-state index in [2.05, 4.69) is 4.98 Å². The van der Waals surface area contributed by atoms with Gasteiger partial charge in [0.1, 0.15) is 5.52 Å². The monoisotopic (exact) mass is 514 g/mol. The Balaban J connectivity index is 1.37. The Morgan fingerprint density at radius 2 is 1.76 bits per heavy atom. The largest absolute Gasteiger partial charge is 0.503 e. The summed E-state index contributed by atoms with van der Waals surface area (Å²) in [7, 11) is 0. The first-order valence-corrected chi connectivity index (χ1v) is 11.6. The van der Waals surface area contributed by atoms with Gasteiger partial charge in [0.2, 0.25) is 5.89 Å². The molecule has 190 valence electrons. The lowest BCUT2D eigenvalue weighted by atomic mass is 9.49. The predicted molar refractivity (Wildman–Crippen MR) is 122 cm³/mol. The Morgan fingerprint density at radius 3 is 2.38 bits per heavy atom. The van der Waals surface area contributed by atoms with Gasteiger partial charge in [0.05, 0.1) is 11.1 Å². The van der Waals surface area contributed by atoms with Crippen molar-refractivity contribution in [3.05, 3.63) is 82.9 Å². The summed E-state index contributed by atoms with van der Waals surface area (Å²) in [6.45, 7) is 0.425. The summed E-state index contributed by atoms with van der Waals surface area (Å²) in [5.41, 5.74) is -1.42. The standard InChI is InChI=1S/C27H19F5N2O3/c28-21-17(9-18(27(30,31)32)22(29)23(21)35)24-33-19-8-16(6-7-20(19)37-24)25(36)34(26-10-15(11-26)12-26)13-14-4-2-1-3-5-14/h1-9,15,35H,10-13H2. The molecule has 1 heterocycles. The number of alkyl halides is 3. The molecular formula is C27H19F5N2O3. The summed E-state index contributed by atoms with van der Waals surface area (Å²) in [4.78, 5) is 19.5. The molecule has 3 fully saturated rings. The molecular weight excluding hydrogens is 495 g/mol. The number of hydrogen-bond donors (Lipinski definition) is 1. The van der Waals surface area contributed by atoms with Crippen LogP contribution in [0, 0.1) is 17.6 Å². The summed E-state index contributed by atoms with van der Waals surface area (Å²) in [6, 6.07) is 14.2. The summed E-state index contributed by atoms with van der Waals surface area (Å²) in [5.74, 6) is -5.71. The molecule has 4 aromatic rings. The van der Waals surface area contributed by atoms with Crippen LogP contribution in [0.15, 0.2) is 59.0 Å². The van der Waals surface area contributed by atoms with Crippen LogP contribution in [0.1, 0.15) is 40.7 Å². The van der Waals surface area contributed by atoms with Crippen LogP contribution in [0.4, 0.5) is 22.0 Å². The van der Waals surface area contributed by atoms with Gasteiger partial charge < -0.3 is 14.4 Å². The Kier molecular flexibility index (Phi) is 5.09. The van der Waals surface area contributed by atoms with E-state index in [0.717, 1.165) is 24.8 Å². The average molecular weight is 514 g/mol. The Bertz CT molecular complexity index is 1530. The fraction of sp³-hybridized carbons (Fsp3) is 0.259. The minimum Gasteiger partial charge on any atom is -0.503 e. The number of carbonyl (C=O) groups is 1. The molecule has 0 aliphatic heterocycles. The highest BCUT2D eigenvalue weighted by molar-refractivity contribution is 5.98. The second-order valence-electron chi connectivity index (χ2n) is 9.73. The number of aromatic hydroxyl groups is 1. The first-order chi connectivity index (χ1) is 17.6. The van der Waals surface area contributed by atoms with Gasteiger partial charge in [0, 0.05) is 17.6 Å². The van der Waals surface area contributed by atoms with Crippen molar-refractivity contribution in [2.75, 3.05) is 0 Å². The Labute approximate surface area is 207 Å². The smallest absolute Gasteiger partial charge is 0.419 e. The van der Waals surface area contributed by atoms with Gasteiger partial charge in [-0.2, -0.15) is 13.2 Å². The molecule has 0 radical (unpaired) electrons. The van der Waals surface area contributed by atoms with E-state index >= 15 is 0 Å². The number of halogens is 5. The minimum atomic E-state index is -5.18. The van der Waals surface area contributed by atoms with Crippen LogP contribution in [0.3, 0.4) is 0 Å². The molecule has 0 unspecified atom stereocenters. The number of benzene rings is 3. The SMILES string of the molecule is O=C(c1ccc2oc(-c3cc(C(F)(F)F)c(F)c(O)c3F)nc2c1)N(Cc1ccccc1)C12CC(C1)C2. The molecule has 3 saturated carbocycles. The van der Waals surface area contributed by atoms with Crippen molar-refractivity contribution in [1.29, 1.82) is 0 Å². The van der Waals surface area contributed by atoms with E-state index in [4.69, 9.17) is 4.42 Å². The van der Waals surface area contributed by atoms with Crippen LogP contribution in [0.5, 0.6) is 5.75 Å². The number of hydrogen-bond acceptors (Lipinski definition) is 4. The number of aromatic nitrogens is 1. The van der Waals surface area contributed by atoms with Gasteiger partial charge in [-0.15, -0.1) is 0 Å². The lowest BCUT2D eigenvalue weighted by molar-refractivity contribution is -0.140. The zero-order valence-electron chi connectivity index (χ0n) is 19.1. The summed E-state index contributed by atoms with van der Waals surface area (Å²) in [6.07, 6.45) is -2.36.